The molecule has 0 aliphatic rings. The monoisotopic (exact) mass is 254 g/mol. The van der Waals surface area contributed by atoms with Crippen LogP contribution in [0.15, 0.2) is 48.1 Å². The molecular formula is C13H10N4S. The highest BCUT2D eigenvalue weighted by Crippen LogP contribution is 2.23. The number of nitrogens with zero attached hydrogens (tertiary/aromatic N) is 3. The number of anilines is 1. The Morgan fingerprint density at radius 1 is 0.944 bits per heavy atom. The first-order chi connectivity index (χ1) is 8.83. The Hall–Kier alpha value is -2.27. The quantitative estimate of drug-likeness (QED) is 0.763. The number of rotatable bonds is 2. The third-order valence-electron chi connectivity index (χ3n) is 2.45. The van der Waals surface area contributed by atoms with Gasteiger partial charge in [-0.1, -0.05) is 6.07 Å². The van der Waals surface area contributed by atoms with Gasteiger partial charge in [0.1, 0.15) is 5.01 Å². The number of nitrogen functional groups attached to an aromatic ring is 1. The van der Waals surface area contributed by atoms with Crippen molar-refractivity contribution in [2.45, 2.75) is 0 Å². The molecule has 3 aromatic rings. The largest absolute Gasteiger partial charge is 0.399 e. The molecule has 0 aromatic carbocycles. The van der Waals surface area contributed by atoms with Crippen molar-refractivity contribution in [1.29, 1.82) is 0 Å². The molecule has 4 nitrogen and oxygen atoms in total. The Labute approximate surface area is 108 Å². The molecule has 0 saturated carbocycles. The van der Waals surface area contributed by atoms with Gasteiger partial charge in [-0.05, 0) is 24.3 Å². The van der Waals surface area contributed by atoms with Crippen LogP contribution in [0, 0.1) is 0 Å². The van der Waals surface area contributed by atoms with Crippen LogP contribution in [-0.4, -0.2) is 15.0 Å². The lowest BCUT2D eigenvalue weighted by atomic mass is 10.2. The summed E-state index contributed by atoms with van der Waals surface area (Å²) < 4.78 is 0. The molecule has 3 heterocycles. The molecule has 0 fully saturated rings. The second kappa shape index (κ2) is 4.54. The molecule has 0 aliphatic carbocycles. The summed E-state index contributed by atoms with van der Waals surface area (Å²) in [6.07, 6.45) is 3.45. The second-order valence-electron chi connectivity index (χ2n) is 3.72. The van der Waals surface area contributed by atoms with E-state index in [0.717, 1.165) is 22.1 Å². The van der Waals surface area contributed by atoms with Crippen LogP contribution < -0.4 is 5.73 Å². The fraction of sp³-hybridized carbons (Fsp3) is 0. The molecule has 5 heteroatoms. The van der Waals surface area contributed by atoms with Gasteiger partial charge in [-0.15, -0.1) is 11.3 Å². The molecule has 3 rings (SSSR count). The van der Waals surface area contributed by atoms with Gasteiger partial charge >= 0.3 is 0 Å². The lowest BCUT2D eigenvalue weighted by Crippen LogP contribution is -1.92. The Kier molecular flexibility index (Phi) is 2.74. The maximum absolute atomic E-state index is 5.75. The summed E-state index contributed by atoms with van der Waals surface area (Å²) in [4.78, 5) is 13.1. The highest BCUT2D eigenvalue weighted by Gasteiger charge is 2.06. The van der Waals surface area contributed by atoms with Crippen molar-refractivity contribution in [3.05, 3.63) is 48.1 Å². The van der Waals surface area contributed by atoms with Crippen LogP contribution in [0.2, 0.25) is 0 Å². The zero-order valence-electron chi connectivity index (χ0n) is 9.45. The van der Waals surface area contributed by atoms with Crippen molar-refractivity contribution in [1.82, 2.24) is 15.0 Å². The van der Waals surface area contributed by atoms with Crippen molar-refractivity contribution in [2.75, 3.05) is 5.73 Å². The van der Waals surface area contributed by atoms with E-state index < -0.39 is 0 Å². The predicted octanol–water partition coefficient (Wildman–Crippen LogP) is 2.85. The van der Waals surface area contributed by atoms with Crippen LogP contribution in [-0.2, 0) is 0 Å². The molecule has 18 heavy (non-hydrogen) atoms. The SMILES string of the molecule is Nc1ccnc(-c2cccc(-c3nccs3)n2)c1. The standard InChI is InChI=1S/C13H10N4S/c14-9-4-5-15-12(8-9)10-2-1-3-11(17-10)13-16-6-7-18-13/h1-8H,(H2,14,15). The first-order valence-corrected chi connectivity index (χ1v) is 6.30. The smallest absolute Gasteiger partial charge is 0.141 e. The van der Waals surface area contributed by atoms with E-state index in [0.29, 0.717) is 5.69 Å². The van der Waals surface area contributed by atoms with E-state index in [1.165, 1.54) is 0 Å². The number of thiazole rings is 1. The lowest BCUT2D eigenvalue weighted by Gasteiger charge is -2.02. The van der Waals surface area contributed by atoms with Gasteiger partial charge in [0.2, 0.25) is 0 Å². The second-order valence-corrected chi connectivity index (χ2v) is 4.61. The van der Waals surface area contributed by atoms with Crippen molar-refractivity contribution >= 4 is 17.0 Å². The van der Waals surface area contributed by atoms with E-state index >= 15 is 0 Å². The summed E-state index contributed by atoms with van der Waals surface area (Å²) in [7, 11) is 0. The minimum Gasteiger partial charge on any atom is -0.399 e. The molecule has 0 amide bonds. The minimum atomic E-state index is 0.682. The van der Waals surface area contributed by atoms with Gasteiger partial charge in [0.05, 0.1) is 17.1 Å². The number of pyridine rings is 2. The summed E-state index contributed by atoms with van der Waals surface area (Å²) in [5.74, 6) is 0. The van der Waals surface area contributed by atoms with Gasteiger partial charge < -0.3 is 5.73 Å². The molecule has 0 radical (unpaired) electrons. The molecule has 88 valence electrons. The van der Waals surface area contributed by atoms with E-state index in [4.69, 9.17) is 5.73 Å². The molecule has 0 spiro atoms. The molecule has 0 atom stereocenters. The van der Waals surface area contributed by atoms with E-state index in [2.05, 4.69) is 15.0 Å². The van der Waals surface area contributed by atoms with E-state index in [-0.39, 0.29) is 0 Å². The van der Waals surface area contributed by atoms with Crippen LogP contribution >= 0.6 is 11.3 Å². The van der Waals surface area contributed by atoms with Crippen LogP contribution in [0.3, 0.4) is 0 Å². The Bertz CT molecular complexity index is 664. The molecule has 0 aliphatic heterocycles. The minimum absolute atomic E-state index is 0.682. The van der Waals surface area contributed by atoms with Crippen LogP contribution in [0.25, 0.3) is 22.1 Å². The van der Waals surface area contributed by atoms with Crippen molar-refractivity contribution in [3.63, 3.8) is 0 Å². The number of hydrogen-bond acceptors (Lipinski definition) is 5. The lowest BCUT2D eigenvalue weighted by molar-refractivity contribution is 1.24. The zero-order valence-corrected chi connectivity index (χ0v) is 10.3. The first-order valence-electron chi connectivity index (χ1n) is 5.42. The fourth-order valence-electron chi connectivity index (χ4n) is 1.63. The summed E-state index contributed by atoms with van der Waals surface area (Å²) in [6.45, 7) is 0. The van der Waals surface area contributed by atoms with E-state index in [9.17, 15) is 0 Å². The van der Waals surface area contributed by atoms with E-state index in [1.54, 1.807) is 29.8 Å². The van der Waals surface area contributed by atoms with Gasteiger partial charge in [-0.3, -0.25) is 4.98 Å². The molecule has 0 unspecified atom stereocenters. The summed E-state index contributed by atoms with van der Waals surface area (Å²) in [5.41, 5.74) is 8.86. The molecule has 0 saturated heterocycles. The highest BCUT2D eigenvalue weighted by atomic mass is 32.1. The fourth-order valence-corrected chi connectivity index (χ4v) is 2.24. The van der Waals surface area contributed by atoms with Crippen molar-refractivity contribution < 1.29 is 0 Å². The molecule has 0 bridgehead atoms. The average molecular weight is 254 g/mol. The van der Waals surface area contributed by atoms with Gasteiger partial charge in [-0.2, -0.15) is 0 Å². The van der Waals surface area contributed by atoms with Crippen LogP contribution in [0.1, 0.15) is 0 Å². The summed E-state index contributed by atoms with van der Waals surface area (Å²) in [6, 6.07) is 9.37. The first kappa shape index (κ1) is 10.9. The maximum atomic E-state index is 5.75. The Morgan fingerprint density at radius 2 is 1.83 bits per heavy atom. The van der Waals surface area contributed by atoms with Gasteiger partial charge in [0, 0.05) is 23.5 Å². The average Bonchev–Trinajstić information content (AvgIpc) is 2.93. The maximum Gasteiger partial charge on any atom is 0.141 e. The van der Waals surface area contributed by atoms with E-state index in [1.807, 2.05) is 29.6 Å². The van der Waals surface area contributed by atoms with Gasteiger partial charge in [0.25, 0.3) is 0 Å². The van der Waals surface area contributed by atoms with Crippen LogP contribution in [0.4, 0.5) is 5.69 Å². The molecule has 2 N–H and O–H groups in total. The van der Waals surface area contributed by atoms with Gasteiger partial charge in [-0.25, -0.2) is 9.97 Å². The number of aromatic nitrogens is 3. The third-order valence-corrected chi connectivity index (χ3v) is 3.24. The van der Waals surface area contributed by atoms with Crippen molar-refractivity contribution in [3.8, 4) is 22.1 Å². The Morgan fingerprint density at radius 3 is 2.61 bits per heavy atom. The highest BCUT2D eigenvalue weighted by molar-refractivity contribution is 7.13. The molecular weight excluding hydrogens is 244 g/mol. The normalized spacial score (nSPS) is 10.4. The van der Waals surface area contributed by atoms with Crippen LogP contribution in [0.5, 0.6) is 0 Å². The van der Waals surface area contributed by atoms with Crippen molar-refractivity contribution in [2.24, 2.45) is 0 Å². The molecule has 3 aromatic heterocycles. The Balaban J connectivity index is 2.06. The topological polar surface area (TPSA) is 64.7 Å². The predicted molar refractivity (Wildman–Crippen MR) is 73.0 cm³/mol. The summed E-state index contributed by atoms with van der Waals surface area (Å²) in [5, 5.41) is 2.84. The third kappa shape index (κ3) is 2.08. The number of hydrogen-bond donors (Lipinski definition) is 1. The number of nitrogens with two attached hydrogens (primary N) is 1. The zero-order chi connectivity index (χ0) is 12.4. The van der Waals surface area contributed by atoms with Gasteiger partial charge in [0.15, 0.2) is 0 Å². The summed E-state index contributed by atoms with van der Waals surface area (Å²) >= 11 is 1.56.